The van der Waals surface area contributed by atoms with Crippen LogP contribution in [0.3, 0.4) is 0 Å². The molecule has 1 unspecified atom stereocenters. The Balaban J connectivity index is 2.18. The SMILES string of the molecule is Cc1cccc(C(C2=CCCCC=N2)c2cccc(/C(=C/N)N(C)N)c2)c1C. The highest BCUT2D eigenvalue weighted by molar-refractivity contribution is 5.65. The molecule has 3 rings (SSSR count). The van der Waals surface area contributed by atoms with Crippen molar-refractivity contribution in [3.8, 4) is 0 Å². The number of aliphatic imine (C=N–C) groups is 1. The second-order valence-corrected chi connectivity index (χ2v) is 7.38. The van der Waals surface area contributed by atoms with Gasteiger partial charge in [-0.15, -0.1) is 0 Å². The molecule has 4 N–H and O–H groups in total. The van der Waals surface area contributed by atoms with Gasteiger partial charge in [0.25, 0.3) is 0 Å². The first kappa shape index (κ1) is 19.9. The van der Waals surface area contributed by atoms with Crippen LogP contribution in [0.15, 0.2) is 65.4 Å². The van der Waals surface area contributed by atoms with E-state index in [0.717, 1.165) is 36.2 Å². The second-order valence-electron chi connectivity index (χ2n) is 7.38. The highest BCUT2D eigenvalue weighted by atomic mass is 15.4. The predicted octanol–water partition coefficient (Wildman–Crippen LogP) is 4.64. The molecule has 1 aliphatic rings. The maximum Gasteiger partial charge on any atom is 0.0740 e. The summed E-state index contributed by atoms with van der Waals surface area (Å²) in [5, 5.41) is 1.55. The monoisotopic (exact) mass is 374 g/mol. The molecule has 0 aromatic heterocycles. The maximum absolute atomic E-state index is 5.97. The molecule has 0 bridgehead atoms. The van der Waals surface area contributed by atoms with Gasteiger partial charge in [0, 0.05) is 30.7 Å². The number of rotatable bonds is 5. The van der Waals surface area contributed by atoms with Gasteiger partial charge in [0.15, 0.2) is 0 Å². The van der Waals surface area contributed by atoms with E-state index in [9.17, 15) is 0 Å². The fourth-order valence-corrected chi connectivity index (χ4v) is 3.77. The Kier molecular flexibility index (Phi) is 6.32. The molecule has 4 heteroatoms. The van der Waals surface area contributed by atoms with Crippen molar-refractivity contribution in [1.29, 1.82) is 0 Å². The van der Waals surface area contributed by atoms with Crippen LogP contribution in [0.25, 0.3) is 5.70 Å². The molecule has 2 aromatic rings. The number of nitrogens with zero attached hydrogens (tertiary/aromatic N) is 2. The van der Waals surface area contributed by atoms with Crippen molar-refractivity contribution in [3.05, 3.63) is 88.3 Å². The van der Waals surface area contributed by atoms with Crippen LogP contribution < -0.4 is 11.6 Å². The second kappa shape index (κ2) is 8.89. The average Bonchev–Trinajstić information content (AvgIpc) is 2.95. The Hall–Kier alpha value is -2.85. The summed E-state index contributed by atoms with van der Waals surface area (Å²) < 4.78 is 0. The zero-order valence-electron chi connectivity index (χ0n) is 17.0. The molecule has 146 valence electrons. The van der Waals surface area contributed by atoms with E-state index < -0.39 is 0 Å². The topological polar surface area (TPSA) is 67.6 Å². The lowest BCUT2D eigenvalue weighted by atomic mass is 9.83. The fraction of sp³-hybridized carbons (Fsp3) is 0.292. The quantitative estimate of drug-likeness (QED) is 0.592. The lowest BCUT2D eigenvalue weighted by Gasteiger charge is -2.23. The lowest BCUT2D eigenvalue weighted by Crippen LogP contribution is -2.25. The molecule has 1 heterocycles. The number of aryl methyl sites for hydroxylation is 1. The number of hydrogen-bond acceptors (Lipinski definition) is 4. The van der Waals surface area contributed by atoms with Gasteiger partial charge in [0.05, 0.1) is 11.6 Å². The van der Waals surface area contributed by atoms with E-state index in [2.05, 4.69) is 62.5 Å². The summed E-state index contributed by atoms with van der Waals surface area (Å²) in [6.45, 7) is 4.36. The molecule has 2 aromatic carbocycles. The smallest absolute Gasteiger partial charge is 0.0740 e. The molecule has 1 atom stereocenters. The lowest BCUT2D eigenvalue weighted by molar-refractivity contribution is 0.510. The molecular weight excluding hydrogens is 344 g/mol. The first-order valence-electron chi connectivity index (χ1n) is 9.82. The third-order valence-corrected chi connectivity index (χ3v) is 5.44. The van der Waals surface area contributed by atoms with E-state index in [1.807, 2.05) is 6.07 Å². The Bertz CT molecular complexity index is 922. The summed E-state index contributed by atoms with van der Waals surface area (Å²) in [5.74, 6) is 6.05. The van der Waals surface area contributed by atoms with Gasteiger partial charge in [-0.3, -0.25) is 4.99 Å². The van der Waals surface area contributed by atoms with E-state index >= 15 is 0 Å². The minimum atomic E-state index is 0.0799. The molecular formula is C24H30N4. The van der Waals surface area contributed by atoms with Gasteiger partial charge in [0.2, 0.25) is 0 Å². The molecule has 4 nitrogen and oxygen atoms in total. The zero-order chi connectivity index (χ0) is 20.1. The van der Waals surface area contributed by atoms with Crippen LogP contribution in [0.5, 0.6) is 0 Å². The number of hydrazine groups is 1. The van der Waals surface area contributed by atoms with Gasteiger partial charge >= 0.3 is 0 Å². The molecule has 0 radical (unpaired) electrons. The largest absolute Gasteiger partial charge is 0.403 e. The van der Waals surface area contributed by atoms with Crippen LogP contribution in [0.4, 0.5) is 0 Å². The third-order valence-electron chi connectivity index (χ3n) is 5.44. The van der Waals surface area contributed by atoms with Gasteiger partial charge in [-0.25, -0.2) is 5.84 Å². The summed E-state index contributed by atoms with van der Waals surface area (Å²) in [5.41, 5.74) is 13.8. The van der Waals surface area contributed by atoms with Crippen LogP contribution >= 0.6 is 0 Å². The van der Waals surface area contributed by atoms with Gasteiger partial charge < -0.3 is 10.7 Å². The molecule has 0 aliphatic carbocycles. The molecule has 28 heavy (non-hydrogen) atoms. The Morgan fingerprint density at radius 2 is 1.93 bits per heavy atom. The van der Waals surface area contributed by atoms with Crippen LogP contribution in [0, 0.1) is 13.8 Å². The van der Waals surface area contributed by atoms with Gasteiger partial charge in [-0.2, -0.15) is 0 Å². The number of nitrogens with two attached hydrogens (primary N) is 2. The predicted molar refractivity (Wildman–Crippen MR) is 119 cm³/mol. The molecule has 0 saturated heterocycles. The summed E-state index contributed by atoms with van der Waals surface area (Å²) in [6.07, 6.45) is 9.12. The van der Waals surface area contributed by atoms with Crippen molar-refractivity contribution >= 4 is 11.9 Å². The first-order chi connectivity index (χ1) is 13.5. The van der Waals surface area contributed by atoms with E-state index in [4.69, 9.17) is 16.6 Å². The van der Waals surface area contributed by atoms with Gasteiger partial charge in [0.1, 0.15) is 0 Å². The average molecular weight is 375 g/mol. The summed E-state index contributed by atoms with van der Waals surface area (Å²) in [6, 6.07) is 15.0. The molecule has 0 fully saturated rings. The maximum atomic E-state index is 5.97. The molecule has 0 amide bonds. The van der Waals surface area contributed by atoms with Crippen molar-refractivity contribution in [2.45, 2.75) is 39.0 Å². The zero-order valence-corrected chi connectivity index (χ0v) is 17.0. The minimum Gasteiger partial charge on any atom is -0.403 e. The van der Waals surface area contributed by atoms with Crippen molar-refractivity contribution in [2.24, 2.45) is 16.6 Å². The summed E-state index contributed by atoms with van der Waals surface area (Å²) >= 11 is 0. The van der Waals surface area contributed by atoms with Crippen molar-refractivity contribution in [3.63, 3.8) is 0 Å². The fourth-order valence-electron chi connectivity index (χ4n) is 3.77. The van der Waals surface area contributed by atoms with E-state index in [1.165, 1.54) is 22.3 Å². The standard InChI is InChI=1S/C24H30N4/c1-17-9-7-12-21(18(17)2)24(22-13-5-4-6-14-27-22)20-11-8-10-19(15-20)23(16-25)28(3)26/h7-16,24H,4-6,25-26H2,1-3H3/b23-16-. The highest BCUT2D eigenvalue weighted by Gasteiger charge is 2.22. The van der Waals surface area contributed by atoms with Crippen molar-refractivity contribution < 1.29 is 0 Å². The van der Waals surface area contributed by atoms with Crippen LogP contribution in [-0.2, 0) is 0 Å². The molecule has 1 aliphatic heterocycles. The Morgan fingerprint density at radius 3 is 2.68 bits per heavy atom. The highest BCUT2D eigenvalue weighted by Crippen LogP contribution is 2.37. The Labute approximate surface area is 168 Å². The number of allylic oxidation sites excluding steroid dienone is 2. The summed E-state index contributed by atoms with van der Waals surface area (Å²) in [4.78, 5) is 4.84. The number of hydrogen-bond donors (Lipinski definition) is 2. The van der Waals surface area contributed by atoms with Crippen molar-refractivity contribution in [1.82, 2.24) is 5.01 Å². The molecule has 0 spiro atoms. The third kappa shape index (κ3) is 4.18. The van der Waals surface area contributed by atoms with Crippen LogP contribution in [-0.4, -0.2) is 18.3 Å². The summed E-state index contributed by atoms with van der Waals surface area (Å²) in [7, 11) is 1.80. The van der Waals surface area contributed by atoms with Gasteiger partial charge in [-0.1, -0.05) is 42.5 Å². The number of benzene rings is 2. The Morgan fingerprint density at radius 1 is 1.14 bits per heavy atom. The van der Waals surface area contributed by atoms with Crippen LogP contribution in [0.1, 0.15) is 53.0 Å². The van der Waals surface area contributed by atoms with E-state index in [0.29, 0.717) is 0 Å². The first-order valence-corrected chi connectivity index (χ1v) is 9.82. The minimum absolute atomic E-state index is 0.0799. The van der Waals surface area contributed by atoms with E-state index in [-0.39, 0.29) is 5.92 Å². The molecule has 0 saturated carbocycles. The van der Waals surface area contributed by atoms with Crippen LogP contribution in [0.2, 0.25) is 0 Å². The van der Waals surface area contributed by atoms with Crippen molar-refractivity contribution in [2.75, 3.05) is 7.05 Å². The van der Waals surface area contributed by atoms with Gasteiger partial charge in [-0.05, 0) is 61.4 Å². The van der Waals surface area contributed by atoms with E-state index in [1.54, 1.807) is 18.3 Å². The normalized spacial score (nSPS) is 15.7.